The maximum absolute atomic E-state index is 12.5. The van der Waals surface area contributed by atoms with E-state index in [2.05, 4.69) is 21.8 Å². The van der Waals surface area contributed by atoms with Gasteiger partial charge in [0.15, 0.2) is 0 Å². The van der Waals surface area contributed by atoms with Crippen molar-refractivity contribution in [3.63, 3.8) is 0 Å². The van der Waals surface area contributed by atoms with Crippen LogP contribution >= 0.6 is 11.3 Å². The molecule has 1 aliphatic heterocycles. The number of carbonyl (C=O) groups is 1. The molecule has 4 rings (SSSR count). The lowest BCUT2D eigenvalue weighted by molar-refractivity contribution is -0.144. The Morgan fingerprint density at radius 1 is 1.33 bits per heavy atom. The van der Waals surface area contributed by atoms with E-state index in [0.717, 1.165) is 17.0 Å². The number of aromatic amines is 1. The van der Waals surface area contributed by atoms with Crippen molar-refractivity contribution in [2.45, 2.75) is 19.9 Å². The quantitative estimate of drug-likeness (QED) is 0.723. The summed E-state index contributed by atoms with van der Waals surface area (Å²) in [5.41, 5.74) is 0.920. The number of fused-ring (bicyclic) bond motifs is 1. The van der Waals surface area contributed by atoms with Crippen molar-refractivity contribution < 1.29 is 9.90 Å². The van der Waals surface area contributed by atoms with Crippen LogP contribution in [0, 0.1) is 11.8 Å². The maximum atomic E-state index is 12.5. The second-order valence-corrected chi connectivity index (χ2v) is 8.31. The first kappa shape index (κ1) is 17.9. The first-order chi connectivity index (χ1) is 13.0. The molecule has 1 aromatic carbocycles. The van der Waals surface area contributed by atoms with Gasteiger partial charge in [-0.3, -0.25) is 14.5 Å². The highest BCUT2D eigenvalue weighted by Gasteiger charge is 2.29. The lowest BCUT2D eigenvalue weighted by Crippen LogP contribution is -2.42. The number of benzene rings is 1. The van der Waals surface area contributed by atoms with E-state index in [0.29, 0.717) is 41.5 Å². The van der Waals surface area contributed by atoms with Crippen LogP contribution in [0.1, 0.15) is 19.2 Å². The topological polar surface area (TPSA) is 86.3 Å². The summed E-state index contributed by atoms with van der Waals surface area (Å²) in [4.78, 5) is 35.2. The van der Waals surface area contributed by atoms with Gasteiger partial charge >= 0.3 is 5.97 Å². The number of carboxylic acid groups (broad SMARTS) is 1. The van der Waals surface area contributed by atoms with Crippen LogP contribution in [-0.2, 0) is 11.3 Å². The summed E-state index contributed by atoms with van der Waals surface area (Å²) in [5, 5.41) is 9.93. The number of hydrogen-bond acceptors (Lipinski definition) is 5. The van der Waals surface area contributed by atoms with Crippen LogP contribution < -0.4 is 5.56 Å². The van der Waals surface area contributed by atoms with Crippen LogP contribution in [0.15, 0.2) is 41.2 Å². The normalized spacial score (nSPS) is 20.8. The fraction of sp³-hybridized carbons (Fsp3) is 0.350. The molecule has 0 aliphatic carbocycles. The van der Waals surface area contributed by atoms with Gasteiger partial charge in [0.1, 0.15) is 10.7 Å². The second-order valence-electron chi connectivity index (χ2n) is 7.28. The number of thiophene rings is 1. The average molecular weight is 383 g/mol. The van der Waals surface area contributed by atoms with E-state index in [-0.39, 0.29) is 11.5 Å². The standard InChI is InChI=1S/C20H21N3O3S/c1-12-7-14(20(25)26)10-23(9-12)11-17-21-18(24)15-8-16(27-19(15)22-17)13-5-3-2-4-6-13/h2-6,8,12,14H,7,9-11H2,1H3,(H,25,26)(H,21,22,24). The Bertz CT molecular complexity index is 1030. The fourth-order valence-electron chi connectivity index (χ4n) is 3.78. The lowest BCUT2D eigenvalue weighted by Gasteiger charge is -2.34. The molecular formula is C20H21N3O3S. The zero-order chi connectivity index (χ0) is 19.0. The minimum atomic E-state index is -0.755. The van der Waals surface area contributed by atoms with Gasteiger partial charge in [-0.05, 0) is 24.0 Å². The monoisotopic (exact) mass is 383 g/mol. The third-order valence-electron chi connectivity index (χ3n) is 4.97. The molecule has 0 spiro atoms. The van der Waals surface area contributed by atoms with Gasteiger partial charge in [0.2, 0.25) is 0 Å². The molecule has 0 saturated carbocycles. The van der Waals surface area contributed by atoms with Gasteiger partial charge in [0, 0.05) is 18.0 Å². The molecule has 6 nitrogen and oxygen atoms in total. The summed E-state index contributed by atoms with van der Waals surface area (Å²) in [7, 11) is 0. The van der Waals surface area contributed by atoms with Crippen LogP contribution in [0.2, 0.25) is 0 Å². The highest BCUT2D eigenvalue weighted by atomic mass is 32.1. The lowest BCUT2D eigenvalue weighted by atomic mass is 9.90. The van der Waals surface area contributed by atoms with Crippen molar-refractivity contribution >= 4 is 27.5 Å². The first-order valence-electron chi connectivity index (χ1n) is 9.03. The number of rotatable bonds is 4. The Labute approximate surface area is 160 Å². The molecule has 0 amide bonds. The van der Waals surface area contributed by atoms with Crippen LogP contribution in [-0.4, -0.2) is 39.0 Å². The third kappa shape index (κ3) is 3.79. The molecule has 140 valence electrons. The Balaban J connectivity index is 1.61. The molecule has 2 aromatic heterocycles. The molecule has 1 aliphatic rings. The van der Waals surface area contributed by atoms with Crippen molar-refractivity contribution in [1.82, 2.24) is 14.9 Å². The van der Waals surface area contributed by atoms with Gasteiger partial charge < -0.3 is 10.1 Å². The highest BCUT2D eigenvalue weighted by Crippen LogP contribution is 2.31. The number of carboxylic acids is 1. The fourth-order valence-corrected chi connectivity index (χ4v) is 4.83. The van der Waals surface area contributed by atoms with Gasteiger partial charge in [0.25, 0.3) is 5.56 Å². The summed E-state index contributed by atoms with van der Waals surface area (Å²) in [6, 6.07) is 11.8. The molecule has 1 fully saturated rings. The third-order valence-corrected chi connectivity index (χ3v) is 6.05. The molecule has 0 bridgehead atoms. The van der Waals surface area contributed by atoms with E-state index in [4.69, 9.17) is 0 Å². The molecule has 2 N–H and O–H groups in total. The SMILES string of the molecule is CC1CC(C(=O)O)CN(Cc2nc3sc(-c4ccccc4)cc3c(=O)[nH]2)C1. The predicted molar refractivity (Wildman–Crippen MR) is 106 cm³/mol. The van der Waals surface area contributed by atoms with Gasteiger partial charge in [0.05, 0.1) is 17.8 Å². The molecule has 27 heavy (non-hydrogen) atoms. The van der Waals surface area contributed by atoms with E-state index in [9.17, 15) is 14.7 Å². The van der Waals surface area contributed by atoms with Gasteiger partial charge in [-0.25, -0.2) is 4.98 Å². The molecular weight excluding hydrogens is 362 g/mol. The van der Waals surface area contributed by atoms with Crippen LogP contribution in [0.4, 0.5) is 0 Å². The summed E-state index contributed by atoms with van der Waals surface area (Å²) < 4.78 is 0. The molecule has 0 radical (unpaired) electrons. The van der Waals surface area contributed by atoms with Crippen molar-refractivity contribution in [3.05, 3.63) is 52.6 Å². The number of likely N-dealkylation sites (tertiary alicyclic amines) is 1. The van der Waals surface area contributed by atoms with Crippen LogP contribution in [0.25, 0.3) is 20.7 Å². The van der Waals surface area contributed by atoms with Crippen LogP contribution in [0.3, 0.4) is 0 Å². The van der Waals surface area contributed by atoms with E-state index in [1.165, 1.54) is 11.3 Å². The molecule has 2 unspecified atom stereocenters. The van der Waals surface area contributed by atoms with E-state index in [1.54, 1.807) is 0 Å². The van der Waals surface area contributed by atoms with Crippen molar-refractivity contribution in [1.29, 1.82) is 0 Å². The number of piperidine rings is 1. The molecule has 1 saturated heterocycles. The Hall–Kier alpha value is -2.51. The summed E-state index contributed by atoms with van der Waals surface area (Å²) in [6.07, 6.45) is 0.695. The van der Waals surface area contributed by atoms with Crippen molar-refractivity contribution in [2.75, 3.05) is 13.1 Å². The maximum Gasteiger partial charge on any atom is 0.307 e. The second kappa shape index (κ2) is 7.25. The highest BCUT2D eigenvalue weighted by molar-refractivity contribution is 7.21. The minimum Gasteiger partial charge on any atom is -0.481 e. The zero-order valence-corrected chi connectivity index (χ0v) is 15.8. The van der Waals surface area contributed by atoms with E-state index < -0.39 is 5.97 Å². The molecule has 2 atom stereocenters. The zero-order valence-electron chi connectivity index (χ0n) is 15.0. The molecule has 3 aromatic rings. The minimum absolute atomic E-state index is 0.145. The summed E-state index contributed by atoms with van der Waals surface area (Å²) in [5.74, 6) is -0.223. The smallest absolute Gasteiger partial charge is 0.307 e. The van der Waals surface area contributed by atoms with Gasteiger partial charge in [-0.1, -0.05) is 37.3 Å². The van der Waals surface area contributed by atoms with Crippen molar-refractivity contribution in [3.8, 4) is 10.4 Å². The number of nitrogens with zero attached hydrogens (tertiary/aromatic N) is 2. The van der Waals surface area contributed by atoms with Gasteiger partial charge in [-0.2, -0.15) is 0 Å². The summed E-state index contributed by atoms with van der Waals surface area (Å²) >= 11 is 1.50. The average Bonchev–Trinajstić information content (AvgIpc) is 3.07. The Morgan fingerprint density at radius 2 is 2.11 bits per heavy atom. The summed E-state index contributed by atoms with van der Waals surface area (Å²) in [6.45, 7) is 3.82. The predicted octanol–water partition coefficient (Wildman–Crippen LogP) is 3.19. The van der Waals surface area contributed by atoms with E-state index in [1.807, 2.05) is 36.4 Å². The molecule has 7 heteroatoms. The number of aliphatic carboxylic acids is 1. The Morgan fingerprint density at radius 3 is 2.85 bits per heavy atom. The molecule has 3 heterocycles. The van der Waals surface area contributed by atoms with E-state index >= 15 is 0 Å². The number of nitrogens with one attached hydrogen (secondary N) is 1. The van der Waals surface area contributed by atoms with Crippen molar-refractivity contribution in [2.24, 2.45) is 11.8 Å². The number of H-pyrrole nitrogens is 1. The van der Waals surface area contributed by atoms with Gasteiger partial charge in [-0.15, -0.1) is 11.3 Å². The Kier molecular flexibility index (Phi) is 4.80. The number of hydrogen-bond donors (Lipinski definition) is 2. The van der Waals surface area contributed by atoms with Crippen LogP contribution in [0.5, 0.6) is 0 Å². The number of aromatic nitrogens is 2. The first-order valence-corrected chi connectivity index (χ1v) is 9.84. The largest absolute Gasteiger partial charge is 0.481 e.